The van der Waals surface area contributed by atoms with Crippen LogP contribution in [-0.4, -0.2) is 18.5 Å². The van der Waals surface area contributed by atoms with Gasteiger partial charge >= 0.3 is 6.03 Å². The highest BCUT2D eigenvalue weighted by Crippen LogP contribution is 1.82. The van der Waals surface area contributed by atoms with E-state index in [1.54, 1.807) is 6.92 Å². The third-order valence-electron chi connectivity index (χ3n) is 0.923. The summed E-state index contributed by atoms with van der Waals surface area (Å²) in [4.78, 5) is 10.8. The fourth-order valence-electron chi connectivity index (χ4n) is 0.507. The molecule has 0 saturated carbocycles. The summed E-state index contributed by atoms with van der Waals surface area (Å²) in [6.07, 6.45) is 0.783. The summed E-state index contributed by atoms with van der Waals surface area (Å²) in [5.74, 6) is 0.563. The van der Waals surface area contributed by atoms with Gasteiger partial charge in [-0.05, 0) is 13.3 Å². The standard InChI is InChI=1S/C7H13ClN2O/c1-6(2)10-7(11)9-5-3-4-8/h1,3-5H2,2H3,(H2,9,10,11). The molecule has 64 valence electrons. The molecule has 0 aromatic rings. The minimum atomic E-state index is -0.220. The number of amides is 2. The smallest absolute Gasteiger partial charge is 0.318 e. The van der Waals surface area contributed by atoms with Crippen LogP contribution in [0.25, 0.3) is 0 Å². The molecule has 0 bridgehead atoms. The highest BCUT2D eigenvalue weighted by atomic mass is 35.5. The number of rotatable bonds is 4. The number of alkyl halides is 1. The fraction of sp³-hybridized carbons (Fsp3) is 0.571. The van der Waals surface area contributed by atoms with Gasteiger partial charge in [0, 0.05) is 18.1 Å². The number of hydrogen-bond acceptors (Lipinski definition) is 1. The molecule has 0 aromatic heterocycles. The van der Waals surface area contributed by atoms with Gasteiger partial charge < -0.3 is 10.6 Å². The Balaban J connectivity index is 3.30. The second-order valence-electron chi connectivity index (χ2n) is 2.20. The highest BCUT2D eigenvalue weighted by Gasteiger charge is 1.96. The summed E-state index contributed by atoms with van der Waals surface area (Å²) >= 11 is 5.40. The van der Waals surface area contributed by atoms with Crippen molar-refractivity contribution in [2.75, 3.05) is 12.4 Å². The van der Waals surface area contributed by atoms with Crippen LogP contribution >= 0.6 is 11.6 Å². The zero-order valence-corrected chi connectivity index (χ0v) is 7.37. The van der Waals surface area contributed by atoms with Gasteiger partial charge in [-0.3, -0.25) is 0 Å². The van der Waals surface area contributed by atoms with Crippen LogP contribution in [0.15, 0.2) is 12.3 Å². The molecular formula is C7H13ClN2O. The SMILES string of the molecule is C=C(C)NC(=O)NCCCCl. The van der Waals surface area contributed by atoms with Crippen LogP contribution in [0.5, 0.6) is 0 Å². The van der Waals surface area contributed by atoms with E-state index in [2.05, 4.69) is 17.2 Å². The van der Waals surface area contributed by atoms with Crippen molar-refractivity contribution >= 4 is 17.6 Å². The number of nitrogens with one attached hydrogen (secondary N) is 2. The Morgan fingerprint density at radius 3 is 2.73 bits per heavy atom. The first-order valence-electron chi connectivity index (χ1n) is 3.43. The molecule has 0 saturated heterocycles. The first-order chi connectivity index (χ1) is 5.16. The van der Waals surface area contributed by atoms with Crippen LogP contribution in [-0.2, 0) is 0 Å². The predicted octanol–water partition coefficient (Wildman–Crippen LogP) is 1.45. The maximum absolute atomic E-state index is 10.8. The minimum absolute atomic E-state index is 0.220. The fourth-order valence-corrected chi connectivity index (χ4v) is 0.640. The highest BCUT2D eigenvalue weighted by molar-refractivity contribution is 6.17. The summed E-state index contributed by atoms with van der Waals surface area (Å²) in [5, 5.41) is 5.13. The Labute approximate surface area is 71.8 Å². The van der Waals surface area contributed by atoms with Crippen molar-refractivity contribution in [1.82, 2.24) is 10.6 Å². The van der Waals surface area contributed by atoms with Crippen LogP contribution in [0.4, 0.5) is 4.79 Å². The lowest BCUT2D eigenvalue weighted by molar-refractivity contribution is 0.243. The molecule has 0 rings (SSSR count). The largest absolute Gasteiger partial charge is 0.338 e. The molecule has 0 fully saturated rings. The van der Waals surface area contributed by atoms with Gasteiger partial charge in [-0.15, -0.1) is 11.6 Å². The maximum atomic E-state index is 10.8. The number of allylic oxidation sites excluding steroid dienone is 1. The number of hydrogen-bond donors (Lipinski definition) is 2. The molecule has 0 radical (unpaired) electrons. The molecule has 0 unspecified atom stereocenters. The van der Waals surface area contributed by atoms with E-state index < -0.39 is 0 Å². The summed E-state index contributed by atoms with van der Waals surface area (Å²) in [6.45, 7) is 5.85. The van der Waals surface area contributed by atoms with Crippen molar-refractivity contribution in [2.24, 2.45) is 0 Å². The Kier molecular flexibility index (Phi) is 5.65. The molecule has 0 aliphatic heterocycles. The van der Waals surface area contributed by atoms with Crippen molar-refractivity contribution in [1.29, 1.82) is 0 Å². The van der Waals surface area contributed by atoms with Crippen LogP contribution in [0, 0.1) is 0 Å². The van der Waals surface area contributed by atoms with Crippen LogP contribution in [0.1, 0.15) is 13.3 Å². The first kappa shape index (κ1) is 10.3. The maximum Gasteiger partial charge on any atom is 0.318 e. The van der Waals surface area contributed by atoms with E-state index in [9.17, 15) is 4.79 Å². The topological polar surface area (TPSA) is 41.1 Å². The third kappa shape index (κ3) is 7.19. The molecular weight excluding hydrogens is 164 g/mol. The second-order valence-corrected chi connectivity index (χ2v) is 2.58. The van der Waals surface area contributed by atoms with Gasteiger partial charge in [0.05, 0.1) is 0 Å². The molecule has 0 spiro atoms. The zero-order chi connectivity index (χ0) is 8.69. The average Bonchev–Trinajstić information content (AvgIpc) is 1.86. The lowest BCUT2D eigenvalue weighted by atomic mass is 10.5. The van der Waals surface area contributed by atoms with E-state index in [1.807, 2.05) is 0 Å². The minimum Gasteiger partial charge on any atom is -0.338 e. The molecule has 0 aliphatic rings. The first-order valence-corrected chi connectivity index (χ1v) is 3.96. The third-order valence-corrected chi connectivity index (χ3v) is 1.19. The van der Waals surface area contributed by atoms with Crippen molar-refractivity contribution in [3.05, 3.63) is 12.3 Å². The molecule has 3 nitrogen and oxygen atoms in total. The average molecular weight is 177 g/mol. The number of carbonyl (C=O) groups excluding carboxylic acids is 1. The normalized spacial score (nSPS) is 8.91. The predicted molar refractivity (Wildman–Crippen MR) is 46.7 cm³/mol. The van der Waals surface area contributed by atoms with Gasteiger partial charge in [-0.1, -0.05) is 6.58 Å². The monoisotopic (exact) mass is 176 g/mol. The van der Waals surface area contributed by atoms with Gasteiger partial charge in [-0.25, -0.2) is 4.79 Å². The Bertz CT molecular complexity index is 147. The lowest BCUT2D eigenvalue weighted by Crippen LogP contribution is -2.34. The van der Waals surface area contributed by atoms with Gasteiger partial charge in [0.15, 0.2) is 0 Å². The Morgan fingerprint density at radius 2 is 2.27 bits per heavy atom. The summed E-state index contributed by atoms with van der Waals surface area (Å²) in [6, 6.07) is -0.220. The molecule has 0 atom stereocenters. The molecule has 4 heteroatoms. The van der Waals surface area contributed by atoms with E-state index in [4.69, 9.17) is 11.6 Å². The van der Waals surface area contributed by atoms with Gasteiger partial charge in [-0.2, -0.15) is 0 Å². The van der Waals surface area contributed by atoms with Crippen molar-refractivity contribution in [2.45, 2.75) is 13.3 Å². The van der Waals surface area contributed by atoms with Crippen LogP contribution in [0.2, 0.25) is 0 Å². The van der Waals surface area contributed by atoms with E-state index in [0.29, 0.717) is 18.1 Å². The summed E-state index contributed by atoms with van der Waals surface area (Å²) < 4.78 is 0. The van der Waals surface area contributed by atoms with E-state index in [-0.39, 0.29) is 6.03 Å². The van der Waals surface area contributed by atoms with E-state index >= 15 is 0 Å². The molecule has 0 aromatic carbocycles. The van der Waals surface area contributed by atoms with Crippen molar-refractivity contribution in [3.8, 4) is 0 Å². The Hall–Kier alpha value is -0.700. The summed E-state index contributed by atoms with van der Waals surface area (Å²) in [7, 11) is 0. The second kappa shape index (κ2) is 6.04. The van der Waals surface area contributed by atoms with Gasteiger partial charge in [0.1, 0.15) is 0 Å². The number of urea groups is 1. The molecule has 0 aliphatic carbocycles. The zero-order valence-electron chi connectivity index (χ0n) is 6.61. The van der Waals surface area contributed by atoms with E-state index in [0.717, 1.165) is 6.42 Å². The molecule has 11 heavy (non-hydrogen) atoms. The van der Waals surface area contributed by atoms with Crippen LogP contribution < -0.4 is 10.6 Å². The quantitative estimate of drug-likeness (QED) is 0.494. The van der Waals surface area contributed by atoms with Crippen molar-refractivity contribution in [3.63, 3.8) is 0 Å². The van der Waals surface area contributed by atoms with E-state index in [1.165, 1.54) is 0 Å². The number of halogens is 1. The number of carbonyl (C=O) groups is 1. The molecule has 2 amide bonds. The summed E-state index contributed by atoms with van der Waals surface area (Å²) in [5.41, 5.74) is 0.633. The van der Waals surface area contributed by atoms with Gasteiger partial charge in [0.25, 0.3) is 0 Å². The van der Waals surface area contributed by atoms with Crippen LogP contribution in [0.3, 0.4) is 0 Å². The Morgan fingerprint density at radius 1 is 1.64 bits per heavy atom. The lowest BCUT2D eigenvalue weighted by Gasteiger charge is -2.04. The molecule has 2 N–H and O–H groups in total. The van der Waals surface area contributed by atoms with Crippen molar-refractivity contribution < 1.29 is 4.79 Å². The molecule has 0 heterocycles. The van der Waals surface area contributed by atoms with Gasteiger partial charge in [0.2, 0.25) is 0 Å².